The topological polar surface area (TPSA) is 55.8 Å². The minimum atomic E-state index is -3.82. The first kappa shape index (κ1) is 15.6. The highest BCUT2D eigenvalue weighted by Gasteiger charge is 2.26. The van der Waals surface area contributed by atoms with Gasteiger partial charge >= 0.3 is 0 Å². The van der Waals surface area contributed by atoms with Crippen LogP contribution in [0.1, 0.15) is 6.92 Å². The molecule has 2 aromatic rings. The van der Waals surface area contributed by atoms with E-state index in [1.807, 2.05) is 0 Å². The first-order chi connectivity index (χ1) is 11.0. The molecular formula is C16H16FNO4S. The van der Waals surface area contributed by atoms with Crippen molar-refractivity contribution in [2.75, 3.05) is 24.1 Å². The Bertz CT molecular complexity index is 823. The van der Waals surface area contributed by atoms with E-state index in [-0.39, 0.29) is 17.1 Å². The van der Waals surface area contributed by atoms with Crippen LogP contribution >= 0.6 is 0 Å². The molecule has 3 rings (SSSR count). The number of anilines is 1. The fourth-order valence-electron chi connectivity index (χ4n) is 2.43. The second-order valence-electron chi connectivity index (χ2n) is 4.96. The molecule has 23 heavy (non-hydrogen) atoms. The van der Waals surface area contributed by atoms with E-state index in [4.69, 9.17) is 9.47 Å². The molecule has 5 nitrogen and oxygen atoms in total. The number of benzene rings is 2. The van der Waals surface area contributed by atoms with Gasteiger partial charge in [-0.1, -0.05) is 6.07 Å². The second-order valence-corrected chi connectivity index (χ2v) is 6.82. The molecule has 0 saturated carbocycles. The van der Waals surface area contributed by atoms with Gasteiger partial charge in [0.1, 0.15) is 19.0 Å². The number of ether oxygens (including phenoxy) is 2. The van der Waals surface area contributed by atoms with Gasteiger partial charge in [0, 0.05) is 12.6 Å². The number of hydrogen-bond donors (Lipinski definition) is 0. The number of sulfonamides is 1. The Morgan fingerprint density at radius 3 is 2.52 bits per heavy atom. The Balaban J connectivity index is 2.02. The number of fused-ring (bicyclic) bond motifs is 1. The summed E-state index contributed by atoms with van der Waals surface area (Å²) >= 11 is 0. The van der Waals surface area contributed by atoms with Crippen LogP contribution in [0.15, 0.2) is 47.4 Å². The zero-order valence-electron chi connectivity index (χ0n) is 12.5. The van der Waals surface area contributed by atoms with E-state index < -0.39 is 15.8 Å². The number of hydrogen-bond acceptors (Lipinski definition) is 4. The Morgan fingerprint density at radius 2 is 1.83 bits per heavy atom. The number of rotatable bonds is 4. The third-order valence-corrected chi connectivity index (χ3v) is 5.38. The average molecular weight is 337 g/mol. The molecule has 0 unspecified atom stereocenters. The van der Waals surface area contributed by atoms with E-state index in [1.165, 1.54) is 30.3 Å². The molecule has 0 atom stereocenters. The first-order valence-corrected chi connectivity index (χ1v) is 8.64. The van der Waals surface area contributed by atoms with Crippen molar-refractivity contribution in [2.45, 2.75) is 11.8 Å². The molecule has 1 aliphatic rings. The van der Waals surface area contributed by atoms with Gasteiger partial charge < -0.3 is 9.47 Å². The maximum Gasteiger partial charge on any atom is 0.264 e. The Hall–Kier alpha value is -2.28. The Kier molecular flexibility index (Phi) is 4.12. The first-order valence-electron chi connectivity index (χ1n) is 7.20. The lowest BCUT2D eigenvalue weighted by molar-refractivity contribution is 0.171. The van der Waals surface area contributed by atoms with Crippen LogP contribution in [0.4, 0.5) is 10.1 Å². The van der Waals surface area contributed by atoms with Crippen molar-refractivity contribution < 1.29 is 22.3 Å². The maximum absolute atomic E-state index is 13.4. The third-order valence-electron chi connectivity index (χ3n) is 3.49. The van der Waals surface area contributed by atoms with E-state index in [9.17, 15) is 12.8 Å². The second kappa shape index (κ2) is 6.08. The lowest BCUT2D eigenvalue weighted by Gasteiger charge is -2.24. The summed E-state index contributed by atoms with van der Waals surface area (Å²) in [6.45, 7) is 2.68. The summed E-state index contributed by atoms with van der Waals surface area (Å²) in [6.07, 6.45) is 0. The summed E-state index contributed by atoms with van der Waals surface area (Å²) in [5.74, 6) is 0.426. The van der Waals surface area contributed by atoms with Crippen molar-refractivity contribution in [3.8, 4) is 11.5 Å². The van der Waals surface area contributed by atoms with Gasteiger partial charge in [-0.15, -0.1) is 0 Å². The Labute approximate surface area is 134 Å². The smallest absolute Gasteiger partial charge is 0.264 e. The Morgan fingerprint density at radius 1 is 1.09 bits per heavy atom. The standard InChI is InChI=1S/C16H16FNO4S/c1-2-18(13-5-3-4-12(17)10-13)23(19,20)14-6-7-15-16(11-14)22-9-8-21-15/h3-7,10-11H,2,8-9H2,1H3. The van der Waals surface area contributed by atoms with Crippen molar-refractivity contribution in [1.82, 2.24) is 0 Å². The summed E-state index contributed by atoms with van der Waals surface area (Å²) in [5, 5.41) is 0. The largest absolute Gasteiger partial charge is 0.486 e. The van der Waals surface area contributed by atoms with E-state index >= 15 is 0 Å². The number of halogens is 1. The minimum Gasteiger partial charge on any atom is -0.486 e. The van der Waals surface area contributed by atoms with Crippen LogP contribution in [-0.2, 0) is 10.0 Å². The molecule has 0 aromatic heterocycles. The highest BCUT2D eigenvalue weighted by atomic mass is 32.2. The van der Waals surface area contributed by atoms with Gasteiger partial charge in [0.2, 0.25) is 0 Å². The molecule has 0 amide bonds. The lowest BCUT2D eigenvalue weighted by Crippen LogP contribution is -2.31. The van der Waals surface area contributed by atoms with Gasteiger partial charge in [-0.25, -0.2) is 12.8 Å². The van der Waals surface area contributed by atoms with Crippen molar-refractivity contribution in [3.63, 3.8) is 0 Å². The van der Waals surface area contributed by atoms with Crippen molar-refractivity contribution in [1.29, 1.82) is 0 Å². The number of nitrogens with zero attached hydrogens (tertiary/aromatic N) is 1. The highest BCUT2D eigenvalue weighted by molar-refractivity contribution is 7.92. The summed E-state index contributed by atoms with van der Waals surface area (Å²) in [7, 11) is -3.82. The molecule has 0 saturated heterocycles. The highest BCUT2D eigenvalue weighted by Crippen LogP contribution is 2.34. The molecule has 7 heteroatoms. The zero-order valence-corrected chi connectivity index (χ0v) is 13.3. The van der Waals surface area contributed by atoms with Gasteiger partial charge in [0.05, 0.1) is 10.6 Å². The predicted molar refractivity (Wildman–Crippen MR) is 84.0 cm³/mol. The van der Waals surface area contributed by atoms with Crippen LogP contribution in [0.25, 0.3) is 0 Å². The van der Waals surface area contributed by atoms with Gasteiger partial charge in [0.25, 0.3) is 10.0 Å². The van der Waals surface area contributed by atoms with Crippen LogP contribution in [0.2, 0.25) is 0 Å². The van der Waals surface area contributed by atoms with Crippen molar-refractivity contribution in [3.05, 3.63) is 48.3 Å². The molecule has 0 bridgehead atoms. The minimum absolute atomic E-state index is 0.0767. The summed E-state index contributed by atoms with van der Waals surface area (Å²) in [5.41, 5.74) is 0.280. The molecular weight excluding hydrogens is 321 g/mol. The average Bonchev–Trinajstić information content (AvgIpc) is 2.55. The monoisotopic (exact) mass is 337 g/mol. The molecule has 0 radical (unpaired) electrons. The quantitative estimate of drug-likeness (QED) is 0.861. The fraction of sp³-hybridized carbons (Fsp3) is 0.250. The molecule has 0 spiro atoms. The molecule has 1 aliphatic heterocycles. The SMILES string of the molecule is CCN(c1cccc(F)c1)S(=O)(=O)c1ccc2c(c1)OCCO2. The molecule has 1 heterocycles. The van der Waals surface area contributed by atoms with Crippen LogP contribution in [0.5, 0.6) is 11.5 Å². The van der Waals surface area contributed by atoms with Crippen LogP contribution in [0.3, 0.4) is 0 Å². The predicted octanol–water partition coefficient (Wildman–Crippen LogP) is 2.81. The van der Waals surface area contributed by atoms with Crippen molar-refractivity contribution in [2.24, 2.45) is 0 Å². The third kappa shape index (κ3) is 2.96. The summed E-state index contributed by atoms with van der Waals surface area (Å²) in [4.78, 5) is 0.0767. The normalized spacial score (nSPS) is 13.7. The van der Waals surface area contributed by atoms with E-state index in [0.717, 1.165) is 4.31 Å². The summed E-state index contributed by atoms with van der Waals surface area (Å²) in [6, 6.07) is 9.97. The molecule has 122 valence electrons. The molecule has 2 aromatic carbocycles. The van der Waals surface area contributed by atoms with Crippen molar-refractivity contribution >= 4 is 15.7 Å². The van der Waals surface area contributed by atoms with Crippen LogP contribution in [0, 0.1) is 5.82 Å². The van der Waals surface area contributed by atoms with Crippen LogP contribution < -0.4 is 13.8 Å². The van der Waals surface area contributed by atoms with Gasteiger partial charge in [-0.2, -0.15) is 0 Å². The maximum atomic E-state index is 13.4. The molecule has 0 aliphatic carbocycles. The molecule has 0 N–H and O–H groups in total. The van der Waals surface area contributed by atoms with E-state index in [2.05, 4.69) is 0 Å². The van der Waals surface area contributed by atoms with E-state index in [1.54, 1.807) is 19.1 Å². The van der Waals surface area contributed by atoms with Crippen LogP contribution in [-0.4, -0.2) is 28.2 Å². The lowest BCUT2D eigenvalue weighted by atomic mass is 10.3. The summed E-state index contributed by atoms with van der Waals surface area (Å²) < 4.78 is 51.1. The van der Waals surface area contributed by atoms with Gasteiger partial charge in [0.15, 0.2) is 11.5 Å². The van der Waals surface area contributed by atoms with E-state index in [0.29, 0.717) is 24.7 Å². The fourth-order valence-corrected chi connectivity index (χ4v) is 3.92. The van der Waals surface area contributed by atoms with Gasteiger partial charge in [-0.05, 0) is 37.3 Å². The molecule has 0 fully saturated rings. The zero-order chi connectivity index (χ0) is 16.4. The van der Waals surface area contributed by atoms with Gasteiger partial charge in [-0.3, -0.25) is 4.31 Å².